The van der Waals surface area contributed by atoms with Crippen molar-refractivity contribution in [1.29, 1.82) is 0 Å². The highest BCUT2D eigenvalue weighted by Crippen LogP contribution is 2.41. The summed E-state index contributed by atoms with van der Waals surface area (Å²) in [5, 5.41) is 2.79. The van der Waals surface area contributed by atoms with E-state index in [-0.39, 0.29) is 31.2 Å². The lowest BCUT2D eigenvalue weighted by Gasteiger charge is -2.40. The number of nitrogens with one attached hydrogen (secondary N) is 1. The fourth-order valence-corrected chi connectivity index (χ4v) is 5.42. The summed E-state index contributed by atoms with van der Waals surface area (Å²) in [5.41, 5.74) is 3.98. The van der Waals surface area contributed by atoms with E-state index in [1.165, 1.54) is 11.9 Å². The number of carbonyl (C=O) groups excluding carboxylic acids is 4. The number of methoxy groups -OCH3 is 1. The number of hydrogen-bond acceptors (Lipinski definition) is 6. The second-order valence-electron chi connectivity index (χ2n) is 10.3. The minimum absolute atomic E-state index is 0.105. The molecule has 42 heavy (non-hydrogen) atoms. The van der Waals surface area contributed by atoms with Crippen LogP contribution in [0.1, 0.15) is 35.6 Å². The Morgan fingerprint density at radius 1 is 1.02 bits per heavy atom. The second kappa shape index (κ2) is 13.7. The Bertz CT molecular complexity index is 1460. The third-order valence-electron chi connectivity index (χ3n) is 7.28. The third-order valence-corrected chi connectivity index (χ3v) is 7.77. The maximum Gasteiger partial charge on any atom is 0.311 e. The topological polar surface area (TPSA) is 105 Å². The summed E-state index contributed by atoms with van der Waals surface area (Å²) >= 11 is 3.39. The summed E-state index contributed by atoms with van der Waals surface area (Å²) in [6.45, 7) is 3.10. The van der Waals surface area contributed by atoms with Crippen molar-refractivity contribution in [3.8, 4) is 5.75 Å². The average Bonchev–Trinajstić information content (AvgIpc) is 2.97. The smallest absolute Gasteiger partial charge is 0.311 e. The van der Waals surface area contributed by atoms with Gasteiger partial charge in [-0.2, -0.15) is 0 Å². The van der Waals surface area contributed by atoms with Gasteiger partial charge in [0.05, 0.1) is 25.6 Å². The predicted molar refractivity (Wildman–Crippen MR) is 163 cm³/mol. The molecule has 4 rings (SSSR count). The number of hydrogen-bond donors (Lipinski definition) is 1. The molecular formula is C32H34BrN3O6. The van der Waals surface area contributed by atoms with E-state index in [9.17, 15) is 19.2 Å². The number of anilines is 2. The quantitative estimate of drug-likeness (QED) is 0.324. The molecule has 1 aliphatic heterocycles. The van der Waals surface area contributed by atoms with Crippen molar-refractivity contribution >= 4 is 51.0 Å². The zero-order chi connectivity index (χ0) is 30.4. The molecule has 1 N–H and O–H groups in total. The van der Waals surface area contributed by atoms with Gasteiger partial charge in [0.1, 0.15) is 5.75 Å². The molecule has 220 valence electrons. The van der Waals surface area contributed by atoms with E-state index in [0.717, 1.165) is 21.2 Å². The second-order valence-corrected chi connectivity index (χ2v) is 11.2. The van der Waals surface area contributed by atoms with Crippen molar-refractivity contribution in [2.45, 2.75) is 32.7 Å². The molecule has 2 unspecified atom stereocenters. The number of aryl methyl sites for hydroxylation is 2. The lowest BCUT2D eigenvalue weighted by molar-refractivity contribution is -0.157. The fourth-order valence-electron chi connectivity index (χ4n) is 4.94. The number of halogens is 1. The minimum Gasteiger partial charge on any atom is -0.497 e. The van der Waals surface area contributed by atoms with Gasteiger partial charge in [-0.05, 0) is 73.9 Å². The van der Waals surface area contributed by atoms with Crippen LogP contribution in [-0.4, -0.2) is 55.9 Å². The molecule has 1 heterocycles. The fraction of sp³-hybridized carbons (Fsp3) is 0.312. The number of ether oxygens (including phenoxy) is 2. The third kappa shape index (κ3) is 7.36. The van der Waals surface area contributed by atoms with Crippen LogP contribution < -0.4 is 15.0 Å². The molecule has 0 aromatic heterocycles. The zero-order valence-corrected chi connectivity index (χ0v) is 25.6. The Morgan fingerprint density at radius 2 is 1.71 bits per heavy atom. The number of carbonyl (C=O) groups is 4. The lowest BCUT2D eigenvalue weighted by Crippen LogP contribution is -2.46. The molecular weight excluding hydrogens is 602 g/mol. The van der Waals surface area contributed by atoms with Crippen LogP contribution in [0, 0.1) is 19.8 Å². The van der Waals surface area contributed by atoms with E-state index in [1.807, 2.05) is 62.4 Å². The van der Waals surface area contributed by atoms with Crippen molar-refractivity contribution in [3.05, 3.63) is 87.9 Å². The van der Waals surface area contributed by atoms with Crippen molar-refractivity contribution < 1.29 is 28.7 Å². The summed E-state index contributed by atoms with van der Waals surface area (Å²) in [6.07, 6.45) is 0.430. The molecule has 3 amide bonds. The minimum atomic E-state index is -0.709. The Morgan fingerprint density at radius 3 is 2.36 bits per heavy atom. The van der Waals surface area contributed by atoms with E-state index in [4.69, 9.17) is 9.47 Å². The molecule has 1 fully saturated rings. The Labute approximate surface area is 253 Å². The van der Waals surface area contributed by atoms with Gasteiger partial charge in [-0.25, -0.2) is 0 Å². The molecule has 1 aliphatic rings. The maximum atomic E-state index is 13.5. The van der Waals surface area contributed by atoms with Gasteiger partial charge in [-0.1, -0.05) is 45.8 Å². The van der Waals surface area contributed by atoms with Crippen LogP contribution in [-0.2, 0) is 23.9 Å². The van der Waals surface area contributed by atoms with Gasteiger partial charge >= 0.3 is 5.97 Å². The summed E-state index contributed by atoms with van der Waals surface area (Å²) in [6, 6.07) is 19.6. The van der Waals surface area contributed by atoms with Gasteiger partial charge in [0.25, 0.3) is 5.91 Å². The van der Waals surface area contributed by atoms with Gasteiger partial charge in [-0.15, -0.1) is 0 Å². The maximum absolute atomic E-state index is 13.5. The molecule has 10 heteroatoms. The first-order chi connectivity index (χ1) is 20.1. The highest BCUT2D eigenvalue weighted by molar-refractivity contribution is 9.10. The average molecular weight is 637 g/mol. The molecule has 3 aromatic rings. The lowest BCUT2D eigenvalue weighted by atomic mass is 9.83. The standard InChI is InChI=1S/C32H34BrN3O6/c1-20-5-10-24(11-6-20)36-29(38)16-14-26(31(36)22-7-12-25(41-4)13-8-22)32(40)42-19-30(39)35(3)18-28(37)34-27-15-9-23(33)17-21(27)2/h5-13,15,17,26,31H,14,16,18-19H2,1-4H3,(H,34,37). The predicted octanol–water partition coefficient (Wildman–Crippen LogP) is 5.20. The van der Waals surface area contributed by atoms with Crippen LogP contribution in [0.15, 0.2) is 71.2 Å². The summed E-state index contributed by atoms with van der Waals surface area (Å²) < 4.78 is 11.7. The van der Waals surface area contributed by atoms with Crippen molar-refractivity contribution in [3.63, 3.8) is 0 Å². The van der Waals surface area contributed by atoms with Gasteiger partial charge in [-0.3, -0.25) is 19.2 Å². The van der Waals surface area contributed by atoms with Crippen molar-refractivity contribution in [2.24, 2.45) is 5.92 Å². The highest BCUT2D eigenvalue weighted by atomic mass is 79.9. The van der Waals surface area contributed by atoms with Crippen molar-refractivity contribution in [1.82, 2.24) is 4.90 Å². The van der Waals surface area contributed by atoms with Crippen LogP contribution in [0.3, 0.4) is 0 Å². The Kier molecular flexibility index (Phi) is 10.0. The number of benzene rings is 3. The molecule has 9 nitrogen and oxygen atoms in total. The van der Waals surface area contributed by atoms with Crippen LogP contribution in [0.25, 0.3) is 0 Å². The van der Waals surface area contributed by atoms with Gasteiger partial charge in [0, 0.05) is 29.3 Å². The Balaban J connectivity index is 1.46. The van der Waals surface area contributed by atoms with E-state index >= 15 is 0 Å². The first kappa shape index (κ1) is 30.8. The van der Waals surface area contributed by atoms with Gasteiger partial charge in [0.2, 0.25) is 11.8 Å². The molecule has 0 radical (unpaired) electrons. The van der Waals surface area contributed by atoms with Crippen LogP contribution >= 0.6 is 15.9 Å². The molecule has 0 spiro atoms. The molecule has 1 saturated heterocycles. The SMILES string of the molecule is COc1ccc(C2C(C(=O)OCC(=O)N(C)CC(=O)Nc3ccc(Br)cc3C)CCC(=O)N2c2ccc(C)cc2)cc1. The van der Waals surface area contributed by atoms with Crippen LogP contribution in [0.5, 0.6) is 5.75 Å². The van der Waals surface area contributed by atoms with E-state index in [1.54, 1.807) is 30.2 Å². The molecule has 3 aromatic carbocycles. The monoisotopic (exact) mass is 635 g/mol. The van der Waals surface area contributed by atoms with E-state index < -0.39 is 30.4 Å². The first-order valence-electron chi connectivity index (χ1n) is 13.6. The largest absolute Gasteiger partial charge is 0.497 e. The zero-order valence-electron chi connectivity index (χ0n) is 24.1. The number of amides is 3. The number of likely N-dealkylation sites (N-methyl/N-ethyl adjacent to an activating group) is 1. The van der Waals surface area contributed by atoms with Crippen molar-refractivity contribution in [2.75, 3.05) is 37.5 Å². The summed E-state index contributed by atoms with van der Waals surface area (Å²) in [7, 11) is 3.04. The van der Waals surface area contributed by atoms with E-state index in [2.05, 4.69) is 21.2 Å². The van der Waals surface area contributed by atoms with E-state index in [0.29, 0.717) is 17.1 Å². The first-order valence-corrected chi connectivity index (χ1v) is 14.4. The summed E-state index contributed by atoms with van der Waals surface area (Å²) in [5.74, 6) is -1.64. The highest BCUT2D eigenvalue weighted by Gasteiger charge is 2.42. The molecule has 0 bridgehead atoms. The molecule has 2 atom stereocenters. The summed E-state index contributed by atoms with van der Waals surface area (Å²) in [4.78, 5) is 54.9. The number of esters is 1. The Hall–Kier alpha value is -4.18. The normalized spacial score (nSPS) is 16.5. The van der Waals surface area contributed by atoms with Crippen LogP contribution in [0.2, 0.25) is 0 Å². The number of piperidine rings is 1. The van der Waals surface area contributed by atoms with Crippen LogP contribution in [0.4, 0.5) is 11.4 Å². The molecule has 0 aliphatic carbocycles. The molecule has 0 saturated carbocycles. The van der Waals surface area contributed by atoms with Gasteiger partial charge in [0.15, 0.2) is 6.61 Å². The number of nitrogens with zero attached hydrogens (tertiary/aromatic N) is 2. The van der Waals surface area contributed by atoms with Gasteiger partial charge < -0.3 is 24.6 Å². The number of rotatable bonds is 9.